The highest BCUT2D eigenvalue weighted by molar-refractivity contribution is 7.99. The monoisotopic (exact) mass is 543 g/mol. The van der Waals surface area contributed by atoms with Crippen molar-refractivity contribution in [3.8, 4) is 5.75 Å². The molecule has 0 radical (unpaired) electrons. The molecule has 0 N–H and O–H groups in total. The molecule has 39 heavy (non-hydrogen) atoms. The second-order valence-corrected chi connectivity index (χ2v) is 10.9. The van der Waals surface area contributed by atoms with Gasteiger partial charge in [0.05, 0.1) is 12.3 Å². The molecule has 2 amide bonds. The fourth-order valence-corrected chi connectivity index (χ4v) is 6.10. The molecule has 9 heteroatoms. The van der Waals surface area contributed by atoms with Gasteiger partial charge in [-0.1, -0.05) is 35.9 Å². The maximum Gasteiger partial charge on any atom is 0.290 e. The second kappa shape index (κ2) is 11.0. The number of oxazole rings is 1. The van der Waals surface area contributed by atoms with Crippen molar-refractivity contribution in [3.05, 3.63) is 107 Å². The number of hydrogen-bond donors (Lipinski definition) is 0. The van der Waals surface area contributed by atoms with Gasteiger partial charge in [0.25, 0.3) is 11.8 Å². The first-order valence-electron chi connectivity index (χ1n) is 13.0. The summed E-state index contributed by atoms with van der Waals surface area (Å²) >= 11 is 1.85. The predicted octanol–water partition coefficient (Wildman–Crippen LogP) is 5.13. The number of amides is 2. The fourth-order valence-electron chi connectivity index (χ4n) is 5.19. The number of furan rings is 1. The lowest BCUT2D eigenvalue weighted by Crippen LogP contribution is -2.40. The summed E-state index contributed by atoms with van der Waals surface area (Å²) in [6.07, 6.45) is 3.65. The summed E-state index contributed by atoms with van der Waals surface area (Å²) in [5, 5.41) is 0. The number of thioether (sulfide) groups is 1. The number of carbonyl (C=O) groups is 2. The molecule has 6 rings (SSSR count). The van der Waals surface area contributed by atoms with E-state index in [9.17, 15) is 9.59 Å². The SMILES string of the molecule is Cc1cccc([C@@H]2c3cc(OCc4nc(C(=O)N5CCSCC5)co4)ccc3CCN2C(=O)c2ccco2)c1. The zero-order chi connectivity index (χ0) is 26.8. The van der Waals surface area contributed by atoms with E-state index in [0.717, 1.165) is 47.7 Å². The van der Waals surface area contributed by atoms with Gasteiger partial charge < -0.3 is 23.4 Å². The molecular weight excluding hydrogens is 514 g/mol. The third kappa shape index (κ3) is 5.31. The Hall–Kier alpha value is -3.98. The van der Waals surface area contributed by atoms with E-state index in [4.69, 9.17) is 13.6 Å². The average molecular weight is 544 g/mol. The summed E-state index contributed by atoms with van der Waals surface area (Å²) < 4.78 is 17.1. The molecule has 4 heterocycles. The first kappa shape index (κ1) is 25.3. The normalized spacial score (nSPS) is 17.1. The number of ether oxygens (including phenoxy) is 1. The molecule has 0 bridgehead atoms. The van der Waals surface area contributed by atoms with E-state index in [1.165, 1.54) is 18.1 Å². The lowest BCUT2D eigenvalue weighted by Gasteiger charge is -2.37. The maximum atomic E-state index is 13.5. The van der Waals surface area contributed by atoms with Crippen LogP contribution in [0.1, 0.15) is 55.2 Å². The van der Waals surface area contributed by atoms with Gasteiger partial charge in [0.2, 0.25) is 5.89 Å². The van der Waals surface area contributed by atoms with Crippen molar-refractivity contribution in [2.75, 3.05) is 31.1 Å². The van der Waals surface area contributed by atoms with Crippen molar-refractivity contribution in [2.45, 2.75) is 26.0 Å². The average Bonchev–Trinajstić information content (AvgIpc) is 3.68. The van der Waals surface area contributed by atoms with Crippen molar-refractivity contribution >= 4 is 23.6 Å². The van der Waals surface area contributed by atoms with Crippen LogP contribution in [0.2, 0.25) is 0 Å². The Labute approximate surface area is 230 Å². The van der Waals surface area contributed by atoms with E-state index < -0.39 is 0 Å². The summed E-state index contributed by atoms with van der Waals surface area (Å²) in [5.74, 6) is 2.91. The first-order valence-corrected chi connectivity index (χ1v) is 14.2. The van der Waals surface area contributed by atoms with Crippen LogP contribution in [0.15, 0.2) is 76.0 Å². The van der Waals surface area contributed by atoms with E-state index in [-0.39, 0.29) is 24.5 Å². The number of benzene rings is 2. The lowest BCUT2D eigenvalue weighted by molar-refractivity contribution is 0.0661. The smallest absolute Gasteiger partial charge is 0.290 e. The molecule has 4 aromatic rings. The van der Waals surface area contributed by atoms with Crippen LogP contribution in [-0.4, -0.2) is 57.7 Å². The van der Waals surface area contributed by atoms with Gasteiger partial charge in [-0.15, -0.1) is 0 Å². The molecule has 2 aliphatic heterocycles. The Bertz CT molecular complexity index is 1480. The van der Waals surface area contributed by atoms with Gasteiger partial charge in [-0.25, -0.2) is 4.98 Å². The van der Waals surface area contributed by atoms with Gasteiger partial charge in [0.15, 0.2) is 18.1 Å². The van der Waals surface area contributed by atoms with Gasteiger partial charge >= 0.3 is 0 Å². The van der Waals surface area contributed by atoms with Crippen LogP contribution in [0, 0.1) is 6.92 Å². The number of nitrogens with zero attached hydrogens (tertiary/aromatic N) is 3. The van der Waals surface area contributed by atoms with Crippen molar-refractivity contribution in [1.82, 2.24) is 14.8 Å². The minimum atomic E-state index is -0.288. The minimum absolute atomic E-state index is 0.0894. The number of aryl methyl sites for hydroxylation is 1. The molecule has 8 nitrogen and oxygen atoms in total. The lowest BCUT2D eigenvalue weighted by atomic mass is 9.87. The Balaban J connectivity index is 1.24. The van der Waals surface area contributed by atoms with E-state index in [0.29, 0.717) is 29.6 Å². The molecular formula is C30H29N3O5S. The number of carbonyl (C=O) groups excluding carboxylic acids is 2. The number of hydrogen-bond acceptors (Lipinski definition) is 7. The third-order valence-corrected chi connectivity index (χ3v) is 8.07. The van der Waals surface area contributed by atoms with Crippen LogP contribution in [0.5, 0.6) is 5.75 Å². The molecule has 2 aromatic heterocycles. The third-order valence-electron chi connectivity index (χ3n) is 7.13. The largest absolute Gasteiger partial charge is 0.484 e. The minimum Gasteiger partial charge on any atom is -0.484 e. The highest BCUT2D eigenvalue weighted by Gasteiger charge is 2.34. The van der Waals surface area contributed by atoms with E-state index in [1.54, 1.807) is 12.1 Å². The molecule has 0 aliphatic carbocycles. The van der Waals surface area contributed by atoms with Crippen molar-refractivity contribution in [2.24, 2.45) is 0 Å². The van der Waals surface area contributed by atoms with Gasteiger partial charge in [-0.3, -0.25) is 9.59 Å². The number of rotatable bonds is 6. The highest BCUT2D eigenvalue weighted by Crippen LogP contribution is 2.38. The van der Waals surface area contributed by atoms with Crippen LogP contribution in [0.25, 0.3) is 0 Å². The van der Waals surface area contributed by atoms with E-state index >= 15 is 0 Å². The Kier molecular flexibility index (Phi) is 7.15. The molecule has 1 saturated heterocycles. The van der Waals surface area contributed by atoms with Crippen LogP contribution in [-0.2, 0) is 13.0 Å². The number of fused-ring (bicyclic) bond motifs is 1. The maximum absolute atomic E-state index is 13.5. The van der Waals surface area contributed by atoms with Gasteiger partial charge in [-0.2, -0.15) is 11.8 Å². The molecule has 0 unspecified atom stereocenters. The van der Waals surface area contributed by atoms with Gasteiger partial charge in [0.1, 0.15) is 12.0 Å². The van der Waals surface area contributed by atoms with Crippen LogP contribution in [0.3, 0.4) is 0 Å². The highest BCUT2D eigenvalue weighted by atomic mass is 32.2. The van der Waals surface area contributed by atoms with Crippen LogP contribution >= 0.6 is 11.8 Å². The predicted molar refractivity (Wildman–Crippen MR) is 147 cm³/mol. The quantitative estimate of drug-likeness (QED) is 0.333. The summed E-state index contributed by atoms with van der Waals surface area (Å²) in [4.78, 5) is 34.2. The standard InChI is InChI=1S/C30H29N3O5S/c1-20-4-2-5-22(16-20)28-24-17-23(8-7-21(24)9-10-33(28)30(35)26-6-3-13-36-26)37-19-27-31-25(18-38-27)29(34)32-11-14-39-15-12-32/h2-8,13,16-18,28H,9-12,14-15,19H2,1H3/t28-/m1/s1. The van der Waals surface area contributed by atoms with E-state index in [1.807, 2.05) is 52.8 Å². The Morgan fingerprint density at radius 1 is 1.03 bits per heavy atom. The van der Waals surface area contributed by atoms with Gasteiger partial charge in [0, 0.05) is 31.1 Å². The molecule has 0 spiro atoms. The van der Waals surface area contributed by atoms with Crippen molar-refractivity contribution < 1.29 is 23.2 Å². The van der Waals surface area contributed by atoms with Crippen molar-refractivity contribution in [3.63, 3.8) is 0 Å². The zero-order valence-corrected chi connectivity index (χ0v) is 22.5. The second-order valence-electron chi connectivity index (χ2n) is 9.72. The van der Waals surface area contributed by atoms with Crippen LogP contribution in [0.4, 0.5) is 0 Å². The van der Waals surface area contributed by atoms with Crippen LogP contribution < -0.4 is 4.74 Å². The van der Waals surface area contributed by atoms with Crippen molar-refractivity contribution in [1.29, 1.82) is 0 Å². The molecule has 1 fully saturated rings. The fraction of sp³-hybridized carbons (Fsp3) is 0.300. The van der Waals surface area contributed by atoms with Gasteiger partial charge in [-0.05, 0) is 54.3 Å². The summed E-state index contributed by atoms with van der Waals surface area (Å²) in [6, 6.07) is 17.3. The molecule has 1 atom stereocenters. The molecule has 2 aromatic carbocycles. The molecule has 200 valence electrons. The van der Waals surface area contributed by atoms with E-state index in [2.05, 4.69) is 23.2 Å². The first-order chi connectivity index (χ1) is 19.1. The summed E-state index contributed by atoms with van der Waals surface area (Å²) in [7, 11) is 0. The molecule has 0 saturated carbocycles. The Morgan fingerprint density at radius 2 is 1.90 bits per heavy atom. The molecule has 2 aliphatic rings. The zero-order valence-electron chi connectivity index (χ0n) is 21.7. The summed E-state index contributed by atoms with van der Waals surface area (Å²) in [6.45, 7) is 4.16. The topological polar surface area (TPSA) is 89.0 Å². The summed E-state index contributed by atoms with van der Waals surface area (Å²) in [5.41, 5.74) is 4.63. The number of aromatic nitrogens is 1. The Morgan fingerprint density at radius 3 is 2.69 bits per heavy atom.